The maximum atomic E-state index is 12.6. The molecular formula is C20H27N3O3. The van der Waals surface area contributed by atoms with Gasteiger partial charge in [-0.25, -0.2) is 4.79 Å². The Kier molecular flexibility index (Phi) is 4.85. The highest BCUT2D eigenvalue weighted by molar-refractivity contribution is 5.80. The Morgan fingerprint density at radius 1 is 1.19 bits per heavy atom. The Labute approximate surface area is 154 Å². The zero-order chi connectivity index (χ0) is 18.1. The minimum Gasteiger partial charge on any atom is -0.370 e. The van der Waals surface area contributed by atoms with Crippen molar-refractivity contribution in [1.82, 2.24) is 15.5 Å². The smallest absolute Gasteiger partial charge is 0.317 e. The van der Waals surface area contributed by atoms with E-state index in [1.54, 1.807) is 4.90 Å². The Bertz CT molecular complexity index is 689. The molecule has 2 bridgehead atoms. The van der Waals surface area contributed by atoms with Crippen molar-refractivity contribution in [2.24, 2.45) is 11.8 Å². The van der Waals surface area contributed by atoms with E-state index < -0.39 is 0 Å². The standard InChI is InChI=1S/C20H27N3O3/c1-13-4-2-3-5-15(13)10-22-20(25)23-11-16-8-17(18(12-23)26-16)19(24)21-9-14-6-7-14/h2-5,14,16-18H,6-12H2,1H3,(H,21,24)(H,22,25)/t16-,17+,18-/m1/s1. The van der Waals surface area contributed by atoms with Gasteiger partial charge in [0.2, 0.25) is 5.91 Å². The molecule has 26 heavy (non-hydrogen) atoms. The van der Waals surface area contributed by atoms with Crippen molar-refractivity contribution in [2.75, 3.05) is 19.6 Å². The van der Waals surface area contributed by atoms with Gasteiger partial charge in [0.05, 0.1) is 18.1 Å². The molecular weight excluding hydrogens is 330 g/mol. The SMILES string of the molecule is Cc1ccccc1CNC(=O)N1C[C@H]2C[C@H](C(=O)NCC3CC3)[C@@H](C1)O2. The van der Waals surface area contributed by atoms with Crippen molar-refractivity contribution in [2.45, 2.75) is 44.9 Å². The van der Waals surface area contributed by atoms with Crippen LogP contribution in [0, 0.1) is 18.8 Å². The van der Waals surface area contributed by atoms with E-state index in [1.165, 1.54) is 18.4 Å². The number of nitrogens with one attached hydrogen (secondary N) is 2. The first-order valence-corrected chi connectivity index (χ1v) is 9.60. The molecule has 0 unspecified atom stereocenters. The number of urea groups is 1. The summed E-state index contributed by atoms with van der Waals surface area (Å²) in [6.45, 7) is 4.39. The third kappa shape index (κ3) is 3.85. The van der Waals surface area contributed by atoms with Crippen molar-refractivity contribution in [1.29, 1.82) is 0 Å². The number of rotatable bonds is 5. The topological polar surface area (TPSA) is 70.7 Å². The average molecular weight is 357 g/mol. The number of hydrogen-bond donors (Lipinski definition) is 2. The van der Waals surface area contributed by atoms with Crippen LogP contribution in [-0.4, -0.2) is 48.7 Å². The number of carbonyl (C=O) groups is 2. The van der Waals surface area contributed by atoms with E-state index in [2.05, 4.69) is 10.6 Å². The van der Waals surface area contributed by atoms with Crippen molar-refractivity contribution in [3.63, 3.8) is 0 Å². The molecule has 3 atom stereocenters. The Balaban J connectivity index is 1.30. The lowest BCUT2D eigenvalue weighted by Crippen LogP contribution is -2.51. The van der Waals surface area contributed by atoms with Gasteiger partial charge in [0.15, 0.2) is 0 Å². The van der Waals surface area contributed by atoms with Crippen LogP contribution in [0.25, 0.3) is 0 Å². The number of carbonyl (C=O) groups excluding carboxylic acids is 2. The fourth-order valence-electron chi connectivity index (χ4n) is 3.89. The molecule has 2 heterocycles. The van der Waals surface area contributed by atoms with E-state index in [0.717, 1.165) is 12.1 Å². The summed E-state index contributed by atoms with van der Waals surface area (Å²) < 4.78 is 5.93. The molecule has 1 aromatic carbocycles. The predicted molar refractivity (Wildman–Crippen MR) is 97.5 cm³/mol. The number of fused-ring (bicyclic) bond motifs is 2. The summed E-state index contributed by atoms with van der Waals surface area (Å²) in [5.41, 5.74) is 2.29. The largest absolute Gasteiger partial charge is 0.370 e. The van der Waals surface area contributed by atoms with Gasteiger partial charge in [-0.2, -0.15) is 0 Å². The fourth-order valence-corrected chi connectivity index (χ4v) is 3.89. The van der Waals surface area contributed by atoms with Crippen LogP contribution in [0.2, 0.25) is 0 Å². The molecule has 2 aliphatic heterocycles. The number of amides is 3. The highest BCUT2D eigenvalue weighted by atomic mass is 16.5. The summed E-state index contributed by atoms with van der Waals surface area (Å²) >= 11 is 0. The zero-order valence-corrected chi connectivity index (χ0v) is 15.2. The fraction of sp³-hybridized carbons (Fsp3) is 0.600. The van der Waals surface area contributed by atoms with Crippen molar-refractivity contribution in [3.05, 3.63) is 35.4 Å². The van der Waals surface area contributed by atoms with Crippen molar-refractivity contribution >= 4 is 11.9 Å². The van der Waals surface area contributed by atoms with E-state index in [1.807, 2.05) is 31.2 Å². The molecule has 0 aromatic heterocycles. The number of morpholine rings is 1. The quantitative estimate of drug-likeness (QED) is 0.844. The second-order valence-electron chi connectivity index (χ2n) is 7.82. The minimum atomic E-state index is -0.183. The molecule has 140 valence electrons. The first-order valence-electron chi connectivity index (χ1n) is 9.60. The zero-order valence-electron chi connectivity index (χ0n) is 15.2. The normalized spacial score (nSPS) is 27.3. The predicted octanol–water partition coefficient (Wildman–Crippen LogP) is 1.82. The average Bonchev–Trinajstić information content (AvgIpc) is 3.42. The minimum absolute atomic E-state index is 0.0327. The van der Waals surface area contributed by atoms with Gasteiger partial charge in [0, 0.05) is 26.2 Å². The number of nitrogens with zero attached hydrogens (tertiary/aromatic N) is 1. The van der Waals surface area contributed by atoms with Crippen LogP contribution in [0.3, 0.4) is 0 Å². The second kappa shape index (κ2) is 7.27. The maximum Gasteiger partial charge on any atom is 0.317 e. The first kappa shape index (κ1) is 17.3. The molecule has 4 rings (SSSR count). The van der Waals surface area contributed by atoms with E-state index in [9.17, 15) is 9.59 Å². The van der Waals surface area contributed by atoms with Gasteiger partial charge in [-0.15, -0.1) is 0 Å². The molecule has 3 amide bonds. The number of aryl methyl sites for hydroxylation is 1. The van der Waals surface area contributed by atoms with Crippen molar-refractivity contribution in [3.8, 4) is 0 Å². The monoisotopic (exact) mass is 357 g/mol. The molecule has 1 aromatic rings. The molecule has 0 spiro atoms. The highest BCUT2D eigenvalue weighted by Crippen LogP contribution is 2.33. The van der Waals surface area contributed by atoms with E-state index >= 15 is 0 Å². The van der Waals surface area contributed by atoms with Crippen LogP contribution in [-0.2, 0) is 16.1 Å². The van der Waals surface area contributed by atoms with E-state index in [-0.39, 0.29) is 30.1 Å². The first-order chi connectivity index (χ1) is 12.6. The summed E-state index contributed by atoms with van der Waals surface area (Å²) in [7, 11) is 0. The Morgan fingerprint density at radius 3 is 2.77 bits per heavy atom. The summed E-state index contributed by atoms with van der Waals surface area (Å²) in [5.74, 6) is 0.629. The van der Waals surface area contributed by atoms with Crippen LogP contribution >= 0.6 is 0 Å². The van der Waals surface area contributed by atoms with E-state index in [4.69, 9.17) is 4.74 Å². The molecule has 1 aliphatic carbocycles. The molecule has 2 N–H and O–H groups in total. The lowest BCUT2D eigenvalue weighted by molar-refractivity contribution is -0.127. The summed E-state index contributed by atoms with van der Waals surface area (Å²) in [6.07, 6.45) is 2.94. The number of likely N-dealkylation sites (tertiary alicyclic amines) is 1. The van der Waals surface area contributed by atoms with Crippen LogP contribution in [0.1, 0.15) is 30.4 Å². The van der Waals surface area contributed by atoms with E-state index in [0.29, 0.717) is 32.0 Å². The van der Waals surface area contributed by atoms with Gasteiger partial charge < -0.3 is 20.3 Å². The third-order valence-electron chi connectivity index (χ3n) is 5.73. The maximum absolute atomic E-state index is 12.6. The lowest BCUT2D eigenvalue weighted by atomic mass is 9.99. The van der Waals surface area contributed by atoms with Crippen LogP contribution in [0.5, 0.6) is 0 Å². The van der Waals surface area contributed by atoms with Gasteiger partial charge in [-0.1, -0.05) is 24.3 Å². The Hall–Kier alpha value is -2.08. The Morgan fingerprint density at radius 2 is 2.00 bits per heavy atom. The molecule has 0 radical (unpaired) electrons. The van der Waals surface area contributed by atoms with Gasteiger partial charge in [0.1, 0.15) is 0 Å². The summed E-state index contributed by atoms with van der Waals surface area (Å²) in [5, 5.41) is 6.06. The van der Waals surface area contributed by atoms with Gasteiger partial charge in [0.25, 0.3) is 0 Å². The molecule has 1 saturated carbocycles. The van der Waals surface area contributed by atoms with Gasteiger partial charge in [-0.3, -0.25) is 4.79 Å². The number of benzene rings is 1. The van der Waals surface area contributed by atoms with Crippen LogP contribution in [0.4, 0.5) is 4.79 Å². The highest BCUT2D eigenvalue weighted by Gasteiger charge is 2.45. The van der Waals surface area contributed by atoms with Gasteiger partial charge in [-0.05, 0) is 43.2 Å². The molecule has 2 saturated heterocycles. The lowest BCUT2D eigenvalue weighted by Gasteiger charge is -2.32. The van der Waals surface area contributed by atoms with Crippen LogP contribution in [0.15, 0.2) is 24.3 Å². The van der Waals surface area contributed by atoms with Crippen LogP contribution < -0.4 is 10.6 Å². The summed E-state index contributed by atoms with van der Waals surface area (Å²) in [6, 6.07) is 7.97. The molecule has 6 nitrogen and oxygen atoms in total. The summed E-state index contributed by atoms with van der Waals surface area (Å²) in [4.78, 5) is 26.8. The second-order valence-corrected chi connectivity index (χ2v) is 7.82. The molecule has 3 fully saturated rings. The number of ether oxygens (including phenoxy) is 1. The van der Waals surface area contributed by atoms with Gasteiger partial charge >= 0.3 is 6.03 Å². The third-order valence-corrected chi connectivity index (χ3v) is 5.73. The van der Waals surface area contributed by atoms with Crippen molar-refractivity contribution < 1.29 is 14.3 Å². The number of hydrogen-bond acceptors (Lipinski definition) is 3. The molecule has 6 heteroatoms. The molecule has 3 aliphatic rings.